The van der Waals surface area contributed by atoms with E-state index in [2.05, 4.69) is 11.8 Å². The van der Waals surface area contributed by atoms with Gasteiger partial charge in [-0.3, -0.25) is 0 Å². The minimum absolute atomic E-state index is 0.271. The Hall–Kier alpha value is -3.28. The van der Waals surface area contributed by atoms with Crippen molar-refractivity contribution in [2.75, 3.05) is 6.61 Å². The fourth-order valence-electron chi connectivity index (χ4n) is 4.52. The summed E-state index contributed by atoms with van der Waals surface area (Å²) >= 11 is 1.59. The Morgan fingerprint density at radius 2 is 1.26 bits per heavy atom. The predicted molar refractivity (Wildman–Crippen MR) is 149 cm³/mol. The van der Waals surface area contributed by atoms with E-state index in [4.69, 9.17) is 14.2 Å². The van der Waals surface area contributed by atoms with Crippen LogP contribution in [0.4, 0.5) is 0 Å². The molecule has 1 aliphatic heterocycles. The number of nitrogens with zero attached hydrogens (tertiary/aromatic N) is 1. The predicted octanol–water partition coefficient (Wildman–Crippen LogP) is 5.93. The van der Waals surface area contributed by atoms with Gasteiger partial charge in [0.2, 0.25) is 0 Å². The van der Waals surface area contributed by atoms with Crippen LogP contribution in [0.1, 0.15) is 22.3 Å². The molecule has 6 heteroatoms. The Morgan fingerprint density at radius 1 is 0.711 bits per heavy atom. The molecule has 4 aromatic rings. The molecule has 4 atom stereocenters. The molecule has 5 nitrogen and oxygen atoms in total. The number of hydroxylamine groups is 2. The van der Waals surface area contributed by atoms with Crippen molar-refractivity contribution < 1.29 is 19.4 Å². The molecule has 0 aliphatic carbocycles. The highest BCUT2D eigenvalue weighted by atomic mass is 32.1. The van der Waals surface area contributed by atoms with Crippen molar-refractivity contribution in [3.63, 3.8) is 0 Å². The van der Waals surface area contributed by atoms with Crippen LogP contribution in [0, 0.1) is 11.8 Å². The summed E-state index contributed by atoms with van der Waals surface area (Å²) in [4.78, 5) is 0. The fraction of sp³-hybridized carbons (Fsp3) is 0.250. The highest BCUT2D eigenvalue weighted by Gasteiger charge is 2.50. The first-order valence-corrected chi connectivity index (χ1v) is 13.7. The van der Waals surface area contributed by atoms with E-state index in [1.165, 1.54) is 5.06 Å². The van der Waals surface area contributed by atoms with Gasteiger partial charge in [0.25, 0.3) is 0 Å². The quantitative estimate of drug-likeness (QED) is 0.260. The Balaban J connectivity index is 1.38. The van der Waals surface area contributed by atoms with Crippen LogP contribution in [0.2, 0.25) is 0 Å². The largest absolute Gasteiger partial charge is 0.375 e. The van der Waals surface area contributed by atoms with Crippen LogP contribution in [0.3, 0.4) is 0 Å². The van der Waals surface area contributed by atoms with Crippen molar-refractivity contribution in [1.82, 2.24) is 5.06 Å². The van der Waals surface area contributed by atoms with Crippen LogP contribution in [-0.4, -0.2) is 41.2 Å². The molecular weight excluding hydrogens is 494 g/mol. The third kappa shape index (κ3) is 6.97. The zero-order chi connectivity index (χ0) is 26.0. The van der Waals surface area contributed by atoms with Gasteiger partial charge in [0.15, 0.2) is 0 Å². The Bertz CT molecular complexity index is 1290. The van der Waals surface area contributed by atoms with Gasteiger partial charge < -0.3 is 19.4 Å². The number of ether oxygens (including phenoxy) is 3. The second-order valence-electron chi connectivity index (χ2n) is 9.20. The topological polar surface area (TPSA) is 51.2 Å². The molecule has 3 aromatic carbocycles. The molecule has 0 bridgehead atoms. The molecule has 0 amide bonds. The molecule has 38 heavy (non-hydrogen) atoms. The maximum Gasteiger partial charge on any atom is 0.125 e. The first-order valence-electron chi connectivity index (χ1n) is 12.7. The lowest BCUT2D eigenvalue weighted by atomic mass is 10.1. The van der Waals surface area contributed by atoms with Gasteiger partial charge in [0.05, 0.1) is 32.5 Å². The molecule has 1 N–H and O–H groups in total. The zero-order valence-corrected chi connectivity index (χ0v) is 21.9. The maximum absolute atomic E-state index is 11.4. The van der Waals surface area contributed by atoms with Gasteiger partial charge in [-0.25, -0.2) is 0 Å². The van der Waals surface area contributed by atoms with Gasteiger partial charge in [-0.2, -0.15) is 16.4 Å². The molecular formula is C32H31NO4S. The minimum Gasteiger partial charge on any atom is -0.375 e. The summed E-state index contributed by atoms with van der Waals surface area (Å²) in [5.41, 5.74) is 4.08. The van der Waals surface area contributed by atoms with Crippen molar-refractivity contribution in [3.05, 3.63) is 130 Å². The second-order valence-corrected chi connectivity index (χ2v) is 9.98. The van der Waals surface area contributed by atoms with Gasteiger partial charge in [0, 0.05) is 10.9 Å². The molecule has 5 rings (SSSR count). The second kappa shape index (κ2) is 13.5. The Morgan fingerprint density at radius 3 is 1.82 bits per heavy atom. The first kappa shape index (κ1) is 26.3. The van der Waals surface area contributed by atoms with Crippen LogP contribution in [0.15, 0.2) is 108 Å². The van der Waals surface area contributed by atoms with Crippen LogP contribution in [0.5, 0.6) is 0 Å². The standard InChI is InChI=1S/C32H31NO4S/c34-33-29(17-16-28-18-19-38-24-28)31(36-21-26-12-6-2-7-13-26)32(37-22-27-14-8-3-9-15-27)30(33)23-35-20-25-10-4-1-5-11-25/h1-15,18-19,24,29-32,34H,20-23H2/t29-,30-,31-,32-/m0/s1. The van der Waals surface area contributed by atoms with Crippen molar-refractivity contribution >= 4 is 11.3 Å². The number of benzene rings is 3. The summed E-state index contributed by atoms with van der Waals surface area (Å²) < 4.78 is 19.0. The highest BCUT2D eigenvalue weighted by molar-refractivity contribution is 7.08. The van der Waals surface area contributed by atoms with Gasteiger partial charge in [-0.15, -0.1) is 0 Å². The molecule has 1 aliphatic rings. The van der Waals surface area contributed by atoms with Crippen LogP contribution < -0.4 is 0 Å². The van der Waals surface area contributed by atoms with E-state index < -0.39 is 24.3 Å². The van der Waals surface area contributed by atoms with Gasteiger partial charge in [-0.1, -0.05) is 103 Å². The normalized spacial score (nSPS) is 21.2. The summed E-state index contributed by atoms with van der Waals surface area (Å²) in [6, 6.07) is 31.0. The molecule has 0 spiro atoms. The van der Waals surface area contributed by atoms with Crippen LogP contribution in [-0.2, 0) is 34.0 Å². The van der Waals surface area contributed by atoms with Crippen molar-refractivity contribution in [3.8, 4) is 11.8 Å². The number of thiophene rings is 1. The lowest BCUT2D eigenvalue weighted by Crippen LogP contribution is -2.40. The molecule has 194 valence electrons. The molecule has 1 fully saturated rings. The van der Waals surface area contributed by atoms with E-state index in [-0.39, 0.29) is 6.61 Å². The molecule has 0 saturated carbocycles. The van der Waals surface area contributed by atoms with Crippen molar-refractivity contribution in [2.45, 2.75) is 44.1 Å². The zero-order valence-electron chi connectivity index (χ0n) is 21.1. The van der Waals surface area contributed by atoms with E-state index in [1.54, 1.807) is 11.3 Å². The molecule has 2 heterocycles. The highest BCUT2D eigenvalue weighted by Crippen LogP contribution is 2.30. The maximum atomic E-state index is 11.4. The van der Waals surface area contributed by atoms with Gasteiger partial charge in [0.1, 0.15) is 18.2 Å². The smallest absolute Gasteiger partial charge is 0.125 e. The SMILES string of the molecule is ON1[C@@H](C#Cc2ccsc2)[C@H](OCc2ccccc2)[C@@H](OCc2ccccc2)[C@@H]1COCc1ccccc1. The van der Waals surface area contributed by atoms with Crippen molar-refractivity contribution in [2.24, 2.45) is 0 Å². The molecule has 0 unspecified atom stereocenters. The van der Waals surface area contributed by atoms with E-state index >= 15 is 0 Å². The average Bonchev–Trinajstić information content (AvgIpc) is 3.57. The van der Waals surface area contributed by atoms with E-state index in [0.717, 1.165) is 22.3 Å². The summed E-state index contributed by atoms with van der Waals surface area (Å²) in [7, 11) is 0. The average molecular weight is 526 g/mol. The fourth-order valence-corrected chi connectivity index (χ4v) is 5.10. The number of hydrogen-bond acceptors (Lipinski definition) is 6. The third-order valence-electron chi connectivity index (χ3n) is 6.50. The van der Waals surface area contributed by atoms with E-state index in [1.807, 2.05) is 108 Å². The molecule has 1 saturated heterocycles. The number of hydrogen-bond donors (Lipinski definition) is 1. The molecule has 0 radical (unpaired) electrons. The lowest BCUT2D eigenvalue weighted by molar-refractivity contribution is -0.155. The third-order valence-corrected chi connectivity index (χ3v) is 7.18. The van der Waals surface area contributed by atoms with E-state index in [0.29, 0.717) is 19.8 Å². The van der Waals surface area contributed by atoms with Gasteiger partial charge in [-0.05, 0) is 28.1 Å². The summed E-state index contributed by atoms with van der Waals surface area (Å²) in [6.07, 6.45) is -0.943. The number of rotatable bonds is 10. The Labute approximate surface area is 228 Å². The summed E-state index contributed by atoms with van der Waals surface area (Å²) in [5, 5.41) is 16.7. The lowest BCUT2D eigenvalue weighted by Gasteiger charge is -2.25. The monoisotopic (exact) mass is 525 g/mol. The van der Waals surface area contributed by atoms with Crippen LogP contribution in [0.25, 0.3) is 0 Å². The van der Waals surface area contributed by atoms with Gasteiger partial charge >= 0.3 is 0 Å². The van der Waals surface area contributed by atoms with Crippen molar-refractivity contribution in [1.29, 1.82) is 0 Å². The summed E-state index contributed by atoms with van der Waals surface area (Å²) in [6.45, 7) is 1.49. The molecule has 1 aromatic heterocycles. The summed E-state index contributed by atoms with van der Waals surface area (Å²) in [5.74, 6) is 6.46. The van der Waals surface area contributed by atoms with E-state index in [9.17, 15) is 5.21 Å². The minimum atomic E-state index is -0.579. The Kier molecular flexibility index (Phi) is 9.35. The van der Waals surface area contributed by atoms with Crippen LogP contribution >= 0.6 is 11.3 Å². The first-order chi connectivity index (χ1) is 18.8.